The number of carbonyl (C=O) groups excluding carboxylic acids is 1. The number of carbonyl (C=O) groups is 1. The Morgan fingerprint density at radius 1 is 1.15 bits per heavy atom. The summed E-state index contributed by atoms with van der Waals surface area (Å²) in [6, 6.07) is 5.52. The summed E-state index contributed by atoms with van der Waals surface area (Å²) in [5, 5.41) is 5.09. The minimum absolute atomic E-state index is 0.103. The van der Waals surface area contributed by atoms with E-state index in [4.69, 9.17) is 23.2 Å². The first-order valence-corrected chi connectivity index (χ1v) is 9.64. The van der Waals surface area contributed by atoms with Crippen molar-refractivity contribution in [1.82, 2.24) is 24.6 Å². The van der Waals surface area contributed by atoms with Crippen LogP contribution in [0.25, 0.3) is 0 Å². The molecule has 0 saturated carbocycles. The number of hydrogen-bond donors (Lipinski definition) is 0. The summed E-state index contributed by atoms with van der Waals surface area (Å²) in [6.07, 6.45) is 5.98. The van der Waals surface area contributed by atoms with Gasteiger partial charge in [0, 0.05) is 26.1 Å². The molecule has 3 rings (SSSR count). The van der Waals surface area contributed by atoms with Gasteiger partial charge in [-0.05, 0) is 43.6 Å². The van der Waals surface area contributed by atoms with E-state index < -0.39 is 0 Å². The Balaban J connectivity index is 1.62. The molecule has 26 heavy (non-hydrogen) atoms. The van der Waals surface area contributed by atoms with Gasteiger partial charge in [0.1, 0.15) is 12.7 Å². The molecule has 1 amide bonds. The van der Waals surface area contributed by atoms with E-state index in [0.717, 1.165) is 25.2 Å². The van der Waals surface area contributed by atoms with Crippen molar-refractivity contribution in [3.8, 4) is 0 Å². The van der Waals surface area contributed by atoms with Crippen LogP contribution in [0.2, 0.25) is 10.0 Å². The molecule has 8 heteroatoms. The van der Waals surface area contributed by atoms with Crippen molar-refractivity contribution in [3.63, 3.8) is 0 Å². The Bertz CT molecular complexity index is 716. The number of aryl methyl sites for hydroxylation is 1. The predicted molar refractivity (Wildman–Crippen MR) is 102 cm³/mol. The van der Waals surface area contributed by atoms with E-state index in [1.165, 1.54) is 19.2 Å². The number of nitrogens with zero attached hydrogens (tertiary/aromatic N) is 5. The second-order valence-electron chi connectivity index (χ2n) is 6.52. The fourth-order valence-electron chi connectivity index (χ4n) is 3.14. The van der Waals surface area contributed by atoms with Crippen molar-refractivity contribution in [3.05, 3.63) is 46.5 Å². The molecular formula is C18H23Cl2N5O. The summed E-state index contributed by atoms with van der Waals surface area (Å²) >= 11 is 12.1. The van der Waals surface area contributed by atoms with E-state index in [2.05, 4.69) is 15.0 Å². The minimum Gasteiger partial charge on any atom is -0.337 e. The van der Waals surface area contributed by atoms with Crippen LogP contribution < -0.4 is 0 Å². The van der Waals surface area contributed by atoms with Crippen LogP contribution in [0.4, 0.5) is 0 Å². The Morgan fingerprint density at radius 3 is 2.65 bits per heavy atom. The van der Waals surface area contributed by atoms with E-state index >= 15 is 0 Å². The Kier molecular flexibility index (Phi) is 6.88. The number of halogens is 2. The summed E-state index contributed by atoms with van der Waals surface area (Å²) in [7, 11) is 0. The van der Waals surface area contributed by atoms with Crippen molar-refractivity contribution >= 4 is 29.1 Å². The largest absolute Gasteiger partial charge is 0.337 e. The van der Waals surface area contributed by atoms with Gasteiger partial charge < -0.3 is 9.80 Å². The lowest BCUT2D eigenvalue weighted by Crippen LogP contribution is -2.37. The fraction of sp³-hybridized carbons (Fsp3) is 0.500. The van der Waals surface area contributed by atoms with Crippen LogP contribution in [-0.2, 0) is 17.9 Å². The average molecular weight is 396 g/mol. The van der Waals surface area contributed by atoms with Gasteiger partial charge in [-0.2, -0.15) is 5.10 Å². The minimum atomic E-state index is 0.103. The predicted octanol–water partition coefficient (Wildman–Crippen LogP) is 3.10. The molecule has 6 nitrogen and oxygen atoms in total. The van der Waals surface area contributed by atoms with Crippen molar-refractivity contribution in [1.29, 1.82) is 0 Å². The van der Waals surface area contributed by atoms with E-state index in [9.17, 15) is 4.79 Å². The van der Waals surface area contributed by atoms with Crippen LogP contribution >= 0.6 is 23.2 Å². The zero-order valence-electron chi connectivity index (χ0n) is 14.7. The quantitative estimate of drug-likeness (QED) is 0.688. The zero-order chi connectivity index (χ0) is 18.4. The van der Waals surface area contributed by atoms with Gasteiger partial charge in [-0.1, -0.05) is 29.3 Å². The number of aromatic nitrogens is 3. The lowest BCUT2D eigenvalue weighted by atomic mass is 10.2. The molecule has 1 fully saturated rings. The summed E-state index contributed by atoms with van der Waals surface area (Å²) in [6.45, 7) is 4.90. The lowest BCUT2D eigenvalue weighted by molar-refractivity contribution is -0.132. The maximum Gasteiger partial charge on any atom is 0.224 e. The molecule has 0 aliphatic carbocycles. The lowest BCUT2D eigenvalue weighted by Gasteiger charge is -2.26. The molecular weight excluding hydrogens is 373 g/mol. The van der Waals surface area contributed by atoms with Gasteiger partial charge >= 0.3 is 0 Å². The van der Waals surface area contributed by atoms with Gasteiger partial charge in [-0.15, -0.1) is 0 Å². The first-order valence-electron chi connectivity index (χ1n) is 8.88. The third-order valence-corrected chi connectivity index (χ3v) is 5.36. The molecule has 0 spiro atoms. The van der Waals surface area contributed by atoms with Crippen molar-refractivity contribution in [2.24, 2.45) is 0 Å². The summed E-state index contributed by atoms with van der Waals surface area (Å²) < 4.78 is 1.68. The maximum absolute atomic E-state index is 12.8. The van der Waals surface area contributed by atoms with E-state index in [-0.39, 0.29) is 5.91 Å². The van der Waals surface area contributed by atoms with E-state index in [1.807, 2.05) is 17.0 Å². The van der Waals surface area contributed by atoms with Crippen LogP contribution in [-0.4, -0.2) is 56.7 Å². The van der Waals surface area contributed by atoms with Crippen LogP contribution in [0, 0.1) is 0 Å². The van der Waals surface area contributed by atoms with Crippen LogP contribution in [0.15, 0.2) is 30.9 Å². The standard InChI is InChI=1S/C18H23Cl2N5O/c19-16-4-3-15(11-17(16)20)12-24(10-9-23-6-1-2-7-23)18(26)5-8-25-14-21-13-22-25/h3-4,11,13-14H,1-2,5-10,12H2. The fourth-order valence-corrected chi connectivity index (χ4v) is 3.46. The topological polar surface area (TPSA) is 54.3 Å². The number of benzene rings is 1. The molecule has 2 aromatic rings. The highest BCUT2D eigenvalue weighted by atomic mass is 35.5. The molecule has 1 saturated heterocycles. The smallest absolute Gasteiger partial charge is 0.224 e. The molecule has 0 bridgehead atoms. The van der Waals surface area contributed by atoms with Gasteiger partial charge in [0.2, 0.25) is 5.91 Å². The molecule has 1 aliphatic heterocycles. The highest BCUT2D eigenvalue weighted by Gasteiger charge is 2.18. The van der Waals surface area contributed by atoms with Crippen LogP contribution in [0.3, 0.4) is 0 Å². The highest BCUT2D eigenvalue weighted by molar-refractivity contribution is 6.42. The summed E-state index contributed by atoms with van der Waals surface area (Å²) in [5.74, 6) is 0.103. The SMILES string of the molecule is O=C(CCn1cncn1)N(CCN1CCCC1)Cc1ccc(Cl)c(Cl)c1. The first-order chi connectivity index (χ1) is 12.6. The van der Waals surface area contributed by atoms with Gasteiger partial charge in [-0.25, -0.2) is 4.98 Å². The van der Waals surface area contributed by atoms with E-state index in [0.29, 0.717) is 36.1 Å². The molecule has 2 heterocycles. The second-order valence-corrected chi connectivity index (χ2v) is 7.34. The number of hydrogen-bond acceptors (Lipinski definition) is 4. The van der Waals surface area contributed by atoms with Gasteiger partial charge in [-0.3, -0.25) is 9.48 Å². The Morgan fingerprint density at radius 2 is 1.96 bits per heavy atom. The van der Waals surface area contributed by atoms with Gasteiger partial charge in [0.05, 0.1) is 16.6 Å². The van der Waals surface area contributed by atoms with E-state index in [1.54, 1.807) is 17.1 Å². The number of rotatable bonds is 8. The number of likely N-dealkylation sites (tertiary alicyclic amines) is 1. The average Bonchev–Trinajstić information content (AvgIpc) is 3.33. The molecule has 140 valence electrons. The molecule has 0 radical (unpaired) electrons. The molecule has 1 aromatic heterocycles. The monoisotopic (exact) mass is 395 g/mol. The normalized spacial score (nSPS) is 14.7. The molecule has 1 aliphatic rings. The van der Waals surface area contributed by atoms with Crippen LogP contribution in [0.5, 0.6) is 0 Å². The third-order valence-electron chi connectivity index (χ3n) is 4.62. The first kappa shape index (κ1) is 19.1. The van der Waals surface area contributed by atoms with Crippen molar-refractivity contribution < 1.29 is 4.79 Å². The van der Waals surface area contributed by atoms with Gasteiger partial charge in [0.25, 0.3) is 0 Å². The molecule has 0 atom stereocenters. The van der Waals surface area contributed by atoms with Crippen LogP contribution in [0.1, 0.15) is 24.8 Å². The molecule has 0 unspecified atom stereocenters. The summed E-state index contributed by atoms with van der Waals surface area (Å²) in [4.78, 5) is 21.0. The molecule has 1 aromatic carbocycles. The number of amides is 1. The van der Waals surface area contributed by atoms with Gasteiger partial charge in [0.15, 0.2) is 0 Å². The second kappa shape index (κ2) is 9.35. The summed E-state index contributed by atoms with van der Waals surface area (Å²) in [5.41, 5.74) is 0.981. The molecule has 0 N–H and O–H groups in total. The third kappa shape index (κ3) is 5.43. The zero-order valence-corrected chi connectivity index (χ0v) is 16.2. The van der Waals surface area contributed by atoms with Crippen molar-refractivity contribution in [2.45, 2.75) is 32.4 Å². The maximum atomic E-state index is 12.8. The Labute approximate surface area is 163 Å². The Hall–Kier alpha value is -1.63. The van der Waals surface area contributed by atoms with Crippen molar-refractivity contribution in [2.75, 3.05) is 26.2 Å². The highest BCUT2D eigenvalue weighted by Crippen LogP contribution is 2.23.